The van der Waals surface area contributed by atoms with Gasteiger partial charge in [-0.05, 0) is 49.9 Å². The molecule has 0 aliphatic carbocycles. The number of rotatable bonds is 4. The van der Waals surface area contributed by atoms with E-state index in [9.17, 15) is 0 Å². The summed E-state index contributed by atoms with van der Waals surface area (Å²) in [6, 6.07) is 4.31. The summed E-state index contributed by atoms with van der Waals surface area (Å²) in [6.45, 7) is 3.48. The Labute approximate surface area is 105 Å². The average molecular weight is 232 g/mol. The highest BCUT2D eigenvalue weighted by Crippen LogP contribution is 2.27. The van der Waals surface area contributed by atoms with E-state index in [2.05, 4.69) is 29.4 Å². The number of hydrogen-bond donors (Lipinski definition) is 1. The Balaban J connectivity index is 2.09. The van der Waals surface area contributed by atoms with E-state index in [1.54, 1.807) is 0 Å². The highest BCUT2D eigenvalue weighted by Gasteiger charge is 2.29. The molecule has 1 N–H and O–H groups in total. The van der Waals surface area contributed by atoms with Gasteiger partial charge in [0.15, 0.2) is 0 Å². The summed E-state index contributed by atoms with van der Waals surface area (Å²) in [7, 11) is 0. The number of pyridine rings is 1. The van der Waals surface area contributed by atoms with Gasteiger partial charge >= 0.3 is 0 Å². The van der Waals surface area contributed by atoms with Crippen molar-refractivity contribution in [3.63, 3.8) is 0 Å². The van der Waals surface area contributed by atoms with Gasteiger partial charge in [-0.1, -0.05) is 26.2 Å². The van der Waals surface area contributed by atoms with Gasteiger partial charge in [-0.25, -0.2) is 0 Å². The topological polar surface area (TPSA) is 24.9 Å². The van der Waals surface area contributed by atoms with Gasteiger partial charge in [0, 0.05) is 17.9 Å². The maximum atomic E-state index is 4.11. The summed E-state index contributed by atoms with van der Waals surface area (Å²) in [5, 5.41) is 3.82. The van der Waals surface area contributed by atoms with Crippen LogP contribution >= 0.6 is 0 Å². The Bertz CT molecular complexity index is 313. The lowest BCUT2D eigenvalue weighted by Gasteiger charge is -2.34. The number of nitrogens with zero attached hydrogens (tertiary/aromatic N) is 1. The zero-order chi connectivity index (χ0) is 12.0. The van der Waals surface area contributed by atoms with Gasteiger partial charge in [-0.15, -0.1) is 0 Å². The number of aromatic nitrogens is 1. The van der Waals surface area contributed by atoms with Crippen LogP contribution in [0.1, 0.15) is 51.0 Å². The van der Waals surface area contributed by atoms with Crippen molar-refractivity contribution < 1.29 is 0 Å². The van der Waals surface area contributed by atoms with E-state index in [-0.39, 0.29) is 0 Å². The van der Waals surface area contributed by atoms with Crippen LogP contribution in [-0.2, 0) is 6.42 Å². The second-order valence-corrected chi connectivity index (χ2v) is 5.30. The zero-order valence-corrected chi connectivity index (χ0v) is 10.9. The smallest absolute Gasteiger partial charge is 0.0270 e. The minimum absolute atomic E-state index is 0.340. The zero-order valence-electron chi connectivity index (χ0n) is 10.9. The first kappa shape index (κ1) is 12.6. The Morgan fingerprint density at radius 3 is 2.82 bits per heavy atom. The van der Waals surface area contributed by atoms with E-state index in [1.165, 1.54) is 50.6 Å². The van der Waals surface area contributed by atoms with Crippen molar-refractivity contribution in [2.45, 2.75) is 57.4 Å². The molecule has 0 aromatic carbocycles. The van der Waals surface area contributed by atoms with Crippen molar-refractivity contribution in [1.29, 1.82) is 0 Å². The fourth-order valence-corrected chi connectivity index (χ4v) is 3.03. The van der Waals surface area contributed by atoms with Gasteiger partial charge in [0.1, 0.15) is 0 Å². The predicted molar refractivity (Wildman–Crippen MR) is 72.1 cm³/mol. The molecule has 2 heteroatoms. The van der Waals surface area contributed by atoms with E-state index in [4.69, 9.17) is 0 Å². The first-order valence-electron chi connectivity index (χ1n) is 6.99. The fraction of sp³-hybridized carbons (Fsp3) is 0.667. The molecule has 1 saturated heterocycles. The molecule has 0 radical (unpaired) electrons. The molecule has 0 amide bonds. The minimum Gasteiger partial charge on any atom is -0.311 e. The summed E-state index contributed by atoms with van der Waals surface area (Å²) >= 11 is 0. The van der Waals surface area contributed by atoms with Crippen molar-refractivity contribution in [2.24, 2.45) is 0 Å². The van der Waals surface area contributed by atoms with Crippen molar-refractivity contribution in [1.82, 2.24) is 10.3 Å². The van der Waals surface area contributed by atoms with Crippen LogP contribution in [0.4, 0.5) is 0 Å². The Morgan fingerprint density at radius 1 is 1.24 bits per heavy atom. The third kappa shape index (κ3) is 3.53. The van der Waals surface area contributed by atoms with Crippen molar-refractivity contribution in [2.75, 3.05) is 6.54 Å². The van der Waals surface area contributed by atoms with Crippen LogP contribution < -0.4 is 5.32 Å². The average Bonchev–Trinajstić information content (AvgIpc) is 2.57. The largest absolute Gasteiger partial charge is 0.311 e. The van der Waals surface area contributed by atoms with E-state index in [0.29, 0.717) is 5.54 Å². The van der Waals surface area contributed by atoms with Crippen molar-refractivity contribution in [3.05, 3.63) is 30.1 Å². The van der Waals surface area contributed by atoms with Crippen molar-refractivity contribution in [3.8, 4) is 0 Å². The highest BCUT2D eigenvalue weighted by atomic mass is 15.0. The molecule has 1 aromatic rings. The third-order valence-electron chi connectivity index (χ3n) is 3.85. The summed E-state index contributed by atoms with van der Waals surface area (Å²) in [4.78, 5) is 4.11. The Kier molecular flexibility index (Phi) is 4.55. The highest BCUT2D eigenvalue weighted by molar-refractivity contribution is 5.14. The number of nitrogens with one attached hydrogen (secondary N) is 1. The lowest BCUT2D eigenvalue weighted by Crippen LogP contribution is -2.46. The molecule has 1 aromatic heterocycles. The molecule has 0 saturated carbocycles. The number of hydrogen-bond acceptors (Lipinski definition) is 2. The van der Waals surface area contributed by atoms with Crippen LogP contribution in [-0.4, -0.2) is 17.1 Å². The van der Waals surface area contributed by atoms with Crippen LogP contribution in [0.2, 0.25) is 0 Å². The molecule has 94 valence electrons. The van der Waals surface area contributed by atoms with Crippen LogP contribution in [0, 0.1) is 0 Å². The monoisotopic (exact) mass is 232 g/mol. The molecule has 2 nitrogen and oxygen atoms in total. The van der Waals surface area contributed by atoms with Gasteiger partial charge in [0.25, 0.3) is 0 Å². The van der Waals surface area contributed by atoms with E-state index in [0.717, 1.165) is 6.42 Å². The summed E-state index contributed by atoms with van der Waals surface area (Å²) in [5.41, 5.74) is 1.76. The van der Waals surface area contributed by atoms with E-state index < -0.39 is 0 Å². The summed E-state index contributed by atoms with van der Waals surface area (Å²) in [6.07, 6.45) is 12.9. The standard InChI is InChI=1S/C15H24N2/c1-2-8-15(9-4-3-5-10-17-15)13-14-6-11-16-12-7-14/h6-7,11-12,17H,2-5,8-10,13H2,1H3. The van der Waals surface area contributed by atoms with Gasteiger partial charge in [-0.3, -0.25) is 4.98 Å². The maximum absolute atomic E-state index is 4.11. The maximum Gasteiger partial charge on any atom is 0.0270 e. The lowest BCUT2D eigenvalue weighted by molar-refractivity contribution is 0.288. The first-order chi connectivity index (χ1) is 8.35. The molecule has 1 atom stereocenters. The molecule has 2 heterocycles. The summed E-state index contributed by atoms with van der Waals surface area (Å²) in [5.74, 6) is 0. The normalized spacial score (nSPS) is 25.5. The second-order valence-electron chi connectivity index (χ2n) is 5.30. The molecule has 1 aliphatic rings. The van der Waals surface area contributed by atoms with Crippen LogP contribution in [0.3, 0.4) is 0 Å². The molecule has 17 heavy (non-hydrogen) atoms. The van der Waals surface area contributed by atoms with Gasteiger partial charge in [-0.2, -0.15) is 0 Å². The van der Waals surface area contributed by atoms with Gasteiger partial charge in [0.05, 0.1) is 0 Å². The molecular formula is C15H24N2. The Morgan fingerprint density at radius 2 is 2.06 bits per heavy atom. The van der Waals surface area contributed by atoms with Crippen LogP contribution in [0.15, 0.2) is 24.5 Å². The quantitative estimate of drug-likeness (QED) is 0.861. The summed E-state index contributed by atoms with van der Waals surface area (Å²) < 4.78 is 0. The van der Waals surface area contributed by atoms with E-state index >= 15 is 0 Å². The van der Waals surface area contributed by atoms with Crippen LogP contribution in [0.25, 0.3) is 0 Å². The molecule has 2 rings (SSSR count). The molecule has 0 spiro atoms. The predicted octanol–water partition coefficient (Wildman–Crippen LogP) is 3.33. The van der Waals surface area contributed by atoms with Gasteiger partial charge < -0.3 is 5.32 Å². The second kappa shape index (κ2) is 6.15. The SMILES string of the molecule is CCCC1(Cc2ccncc2)CCCCCN1. The molecule has 1 fully saturated rings. The van der Waals surface area contributed by atoms with Crippen molar-refractivity contribution >= 4 is 0 Å². The first-order valence-corrected chi connectivity index (χ1v) is 6.99. The minimum atomic E-state index is 0.340. The Hall–Kier alpha value is -0.890. The molecule has 0 bridgehead atoms. The van der Waals surface area contributed by atoms with E-state index in [1.807, 2.05) is 12.4 Å². The van der Waals surface area contributed by atoms with Crippen LogP contribution in [0.5, 0.6) is 0 Å². The van der Waals surface area contributed by atoms with Gasteiger partial charge in [0.2, 0.25) is 0 Å². The molecule has 1 unspecified atom stereocenters. The third-order valence-corrected chi connectivity index (χ3v) is 3.85. The lowest BCUT2D eigenvalue weighted by atomic mass is 9.83. The fourth-order valence-electron chi connectivity index (χ4n) is 3.03. The molecule has 1 aliphatic heterocycles. The molecular weight excluding hydrogens is 208 g/mol.